The lowest BCUT2D eigenvalue weighted by Gasteiger charge is -2.25. The molecule has 24 heavy (non-hydrogen) atoms. The first kappa shape index (κ1) is 16.2. The third kappa shape index (κ3) is 3.03. The molecule has 1 atom stereocenters. The summed E-state index contributed by atoms with van der Waals surface area (Å²) in [5, 5.41) is 14.0. The van der Waals surface area contributed by atoms with Gasteiger partial charge in [-0.25, -0.2) is 9.78 Å². The first-order chi connectivity index (χ1) is 11.5. The maximum Gasteiger partial charge on any atom is 0.342 e. The Morgan fingerprint density at radius 1 is 1.50 bits per heavy atom. The van der Waals surface area contributed by atoms with Crippen molar-refractivity contribution in [2.45, 2.75) is 25.8 Å². The summed E-state index contributed by atoms with van der Waals surface area (Å²) in [6.07, 6.45) is 2.39. The zero-order valence-corrected chi connectivity index (χ0v) is 13.6. The highest BCUT2D eigenvalue weighted by molar-refractivity contribution is 6.30. The summed E-state index contributed by atoms with van der Waals surface area (Å²) in [6, 6.07) is 6.96. The maximum atomic E-state index is 12.4. The van der Waals surface area contributed by atoms with Crippen LogP contribution >= 0.6 is 11.6 Å². The predicted molar refractivity (Wildman–Crippen MR) is 91.0 cm³/mol. The van der Waals surface area contributed by atoms with Crippen LogP contribution in [0.25, 0.3) is 0 Å². The van der Waals surface area contributed by atoms with E-state index in [4.69, 9.17) is 16.7 Å². The Morgan fingerprint density at radius 3 is 3.00 bits per heavy atom. The molecule has 1 aliphatic heterocycles. The second kappa shape index (κ2) is 6.45. The van der Waals surface area contributed by atoms with Crippen LogP contribution in [0, 0.1) is 0 Å². The van der Waals surface area contributed by atoms with Gasteiger partial charge < -0.3 is 5.11 Å². The lowest BCUT2D eigenvalue weighted by molar-refractivity contribution is 0.0693. The minimum Gasteiger partial charge on any atom is -0.477 e. The highest BCUT2D eigenvalue weighted by atomic mass is 35.5. The van der Waals surface area contributed by atoms with Gasteiger partial charge in [0, 0.05) is 17.3 Å². The highest BCUT2D eigenvalue weighted by Gasteiger charge is 2.26. The second-order valence-electron chi connectivity index (χ2n) is 5.54. The molecular formula is C16H15ClN4O3. The Kier molecular flexibility index (Phi) is 4.35. The van der Waals surface area contributed by atoms with Crippen LogP contribution in [0.15, 0.2) is 40.4 Å². The number of hydrogen-bond donors (Lipinski definition) is 2. The van der Waals surface area contributed by atoms with Crippen LogP contribution in [-0.2, 0) is 0 Å². The van der Waals surface area contributed by atoms with Crippen LogP contribution in [0.2, 0.25) is 5.02 Å². The van der Waals surface area contributed by atoms with Gasteiger partial charge in [0.2, 0.25) is 0 Å². The summed E-state index contributed by atoms with van der Waals surface area (Å²) < 4.78 is 1.39. The molecule has 3 rings (SSSR count). The monoisotopic (exact) mass is 346 g/mol. The number of aromatic nitrogens is 2. The minimum absolute atomic E-state index is 0.135. The molecule has 2 aromatic rings. The van der Waals surface area contributed by atoms with Crippen LogP contribution in [-0.4, -0.2) is 26.3 Å². The van der Waals surface area contributed by atoms with E-state index in [2.05, 4.69) is 15.5 Å². The fourth-order valence-corrected chi connectivity index (χ4v) is 2.81. The fraction of sp³-hybridized carbons (Fsp3) is 0.250. The van der Waals surface area contributed by atoms with Crippen molar-refractivity contribution in [1.29, 1.82) is 0 Å². The standard InChI is InChI=1S/C16H15ClN4O3/c1-9-5-6-13(20-19-11-4-2-3-10(17)7-11)14-18-8-12(16(23)24)15(22)21(9)14/h2-4,7-9,19H,5-6H2,1H3,(H,23,24)/b20-13+. The predicted octanol–water partition coefficient (Wildman–Crippen LogP) is 2.77. The molecule has 0 bridgehead atoms. The summed E-state index contributed by atoms with van der Waals surface area (Å²) in [4.78, 5) is 27.7. The molecule has 0 aliphatic carbocycles. The van der Waals surface area contributed by atoms with Gasteiger partial charge in [0.05, 0.1) is 5.69 Å². The molecule has 7 nitrogen and oxygen atoms in total. The number of benzene rings is 1. The van der Waals surface area contributed by atoms with E-state index in [0.29, 0.717) is 35.1 Å². The number of anilines is 1. The molecular weight excluding hydrogens is 332 g/mol. The zero-order valence-electron chi connectivity index (χ0n) is 12.9. The van der Waals surface area contributed by atoms with Crippen LogP contribution in [0.5, 0.6) is 0 Å². The van der Waals surface area contributed by atoms with Gasteiger partial charge in [-0.2, -0.15) is 5.10 Å². The van der Waals surface area contributed by atoms with Gasteiger partial charge >= 0.3 is 5.97 Å². The van der Waals surface area contributed by atoms with Crippen LogP contribution < -0.4 is 11.0 Å². The first-order valence-corrected chi connectivity index (χ1v) is 7.78. The molecule has 124 valence electrons. The van der Waals surface area contributed by atoms with Gasteiger partial charge in [-0.1, -0.05) is 17.7 Å². The average Bonchev–Trinajstić information content (AvgIpc) is 2.54. The Bertz CT molecular complexity index is 891. The first-order valence-electron chi connectivity index (χ1n) is 7.40. The van der Waals surface area contributed by atoms with Gasteiger partial charge in [-0.3, -0.25) is 14.8 Å². The van der Waals surface area contributed by atoms with E-state index in [0.717, 1.165) is 6.20 Å². The number of nitrogens with one attached hydrogen (secondary N) is 1. The Hall–Kier alpha value is -2.67. The normalized spacial score (nSPS) is 18.2. The molecule has 0 fully saturated rings. The fourth-order valence-electron chi connectivity index (χ4n) is 2.62. The molecule has 2 heterocycles. The molecule has 2 N–H and O–H groups in total. The molecule has 8 heteroatoms. The number of rotatable bonds is 3. The van der Waals surface area contributed by atoms with E-state index < -0.39 is 11.5 Å². The average molecular weight is 347 g/mol. The number of carbonyl (C=O) groups is 1. The van der Waals surface area contributed by atoms with Crippen molar-refractivity contribution in [1.82, 2.24) is 9.55 Å². The van der Waals surface area contributed by atoms with E-state index in [1.54, 1.807) is 18.2 Å². The molecule has 0 radical (unpaired) electrons. The van der Waals surface area contributed by atoms with Crippen molar-refractivity contribution in [3.05, 3.63) is 57.2 Å². The van der Waals surface area contributed by atoms with Crippen molar-refractivity contribution < 1.29 is 9.90 Å². The van der Waals surface area contributed by atoms with Crippen molar-refractivity contribution in [2.24, 2.45) is 5.10 Å². The molecule has 1 unspecified atom stereocenters. The SMILES string of the molecule is CC1CC/C(=N\Nc2cccc(Cl)c2)c2ncc(C(=O)O)c(=O)n21. The van der Waals surface area contributed by atoms with E-state index in [9.17, 15) is 9.59 Å². The lowest BCUT2D eigenvalue weighted by Crippen LogP contribution is -2.37. The van der Waals surface area contributed by atoms with E-state index in [-0.39, 0.29) is 11.6 Å². The zero-order chi connectivity index (χ0) is 17.3. The molecule has 1 aromatic heterocycles. The summed E-state index contributed by atoms with van der Waals surface area (Å²) in [5.74, 6) is -0.894. The molecule has 0 saturated heterocycles. The minimum atomic E-state index is -1.28. The van der Waals surface area contributed by atoms with E-state index >= 15 is 0 Å². The molecule has 1 aliphatic rings. The number of carboxylic acids is 1. The third-order valence-corrected chi connectivity index (χ3v) is 4.10. The molecule has 0 spiro atoms. The van der Waals surface area contributed by atoms with Gasteiger partial charge in [0.1, 0.15) is 11.3 Å². The third-order valence-electron chi connectivity index (χ3n) is 3.87. The molecule has 1 aromatic carbocycles. The topological polar surface area (TPSA) is 96.6 Å². The lowest BCUT2D eigenvalue weighted by atomic mass is 10.0. The quantitative estimate of drug-likeness (QED) is 0.833. The number of carboxylic acid groups (broad SMARTS) is 1. The number of fused-ring (bicyclic) bond motifs is 1. The highest BCUT2D eigenvalue weighted by Crippen LogP contribution is 2.22. The smallest absolute Gasteiger partial charge is 0.342 e. The Balaban J connectivity index is 2.00. The number of hydrogen-bond acceptors (Lipinski definition) is 5. The Morgan fingerprint density at radius 2 is 2.29 bits per heavy atom. The summed E-state index contributed by atoms with van der Waals surface area (Å²) in [6.45, 7) is 1.86. The van der Waals surface area contributed by atoms with Crippen molar-refractivity contribution in [2.75, 3.05) is 5.43 Å². The number of nitrogens with zero attached hydrogens (tertiary/aromatic N) is 3. The Labute approximate surface area is 142 Å². The van der Waals surface area contributed by atoms with E-state index in [1.165, 1.54) is 4.57 Å². The molecule has 0 saturated carbocycles. The largest absolute Gasteiger partial charge is 0.477 e. The van der Waals surface area contributed by atoms with Crippen molar-refractivity contribution >= 4 is 29.0 Å². The maximum absolute atomic E-state index is 12.4. The van der Waals surface area contributed by atoms with Crippen LogP contribution in [0.4, 0.5) is 5.69 Å². The summed E-state index contributed by atoms with van der Waals surface area (Å²) in [5.41, 5.74) is 3.31. The molecule has 0 amide bonds. The summed E-state index contributed by atoms with van der Waals surface area (Å²) in [7, 11) is 0. The van der Waals surface area contributed by atoms with Crippen molar-refractivity contribution in [3.8, 4) is 0 Å². The number of aromatic carboxylic acids is 1. The van der Waals surface area contributed by atoms with Gasteiger partial charge in [0.25, 0.3) is 5.56 Å². The second-order valence-corrected chi connectivity index (χ2v) is 5.98. The summed E-state index contributed by atoms with van der Waals surface area (Å²) >= 11 is 5.93. The van der Waals surface area contributed by atoms with Crippen LogP contribution in [0.3, 0.4) is 0 Å². The van der Waals surface area contributed by atoms with Crippen LogP contribution in [0.1, 0.15) is 42.0 Å². The number of hydrazone groups is 1. The number of halogens is 1. The van der Waals surface area contributed by atoms with Gasteiger partial charge in [0.15, 0.2) is 5.82 Å². The van der Waals surface area contributed by atoms with Crippen molar-refractivity contribution in [3.63, 3.8) is 0 Å². The van der Waals surface area contributed by atoms with Gasteiger partial charge in [-0.15, -0.1) is 0 Å². The van der Waals surface area contributed by atoms with Gasteiger partial charge in [-0.05, 0) is 38.0 Å². The van der Waals surface area contributed by atoms with E-state index in [1.807, 2.05) is 13.0 Å².